The molecule has 1 aliphatic carbocycles. The van der Waals surface area contributed by atoms with E-state index in [0.29, 0.717) is 19.2 Å². The summed E-state index contributed by atoms with van der Waals surface area (Å²) in [5.74, 6) is -0.278. The van der Waals surface area contributed by atoms with Crippen LogP contribution in [0.5, 0.6) is 0 Å². The average molecular weight is 387 g/mol. The van der Waals surface area contributed by atoms with Crippen LogP contribution in [0.3, 0.4) is 0 Å². The summed E-state index contributed by atoms with van der Waals surface area (Å²) in [7, 11) is 1.70. The second-order valence-electron chi connectivity index (χ2n) is 6.87. The number of methoxy groups -OCH3 is 1. The highest BCUT2D eigenvalue weighted by Crippen LogP contribution is 2.33. The van der Waals surface area contributed by atoms with E-state index in [1.54, 1.807) is 41.5 Å². The number of thiophene rings is 1. The highest BCUT2D eigenvalue weighted by atomic mass is 32.1. The second-order valence-corrected chi connectivity index (χ2v) is 7.96. The van der Waals surface area contributed by atoms with Gasteiger partial charge in [-0.2, -0.15) is 0 Å². The molecule has 0 saturated carbocycles. The number of ether oxygens (including phenoxy) is 1. The zero-order chi connectivity index (χ0) is 18.8. The molecule has 27 heavy (non-hydrogen) atoms. The molecular weight excluding hydrogens is 365 g/mol. The van der Waals surface area contributed by atoms with E-state index in [2.05, 4.69) is 10.3 Å². The molecule has 7 heteroatoms. The summed E-state index contributed by atoms with van der Waals surface area (Å²) in [5.41, 5.74) is 2.03. The summed E-state index contributed by atoms with van der Waals surface area (Å²) < 4.78 is 19.8. The monoisotopic (exact) mass is 387 g/mol. The van der Waals surface area contributed by atoms with Crippen LogP contribution in [0.4, 0.5) is 4.39 Å². The molecule has 0 amide bonds. The Balaban J connectivity index is 1.60. The highest BCUT2D eigenvalue weighted by Gasteiger charge is 2.24. The van der Waals surface area contributed by atoms with Crippen LogP contribution >= 0.6 is 11.3 Å². The molecule has 1 atom stereocenters. The number of hydrogen-bond acceptors (Lipinski definition) is 5. The summed E-state index contributed by atoms with van der Waals surface area (Å²) in [4.78, 5) is 19.7. The minimum atomic E-state index is -0.278. The predicted octanol–water partition coefficient (Wildman–Crippen LogP) is 2.74. The number of aromatic nitrogens is 2. The molecule has 0 radical (unpaired) electrons. The molecule has 3 aromatic rings. The Hall–Kier alpha value is -2.09. The fourth-order valence-corrected chi connectivity index (χ4v) is 4.90. The number of halogens is 1. The zero-order valence-corrected chi connectivity index (χ0v) is 16.0. The molecule has 2 aromatic heterocycles. The quantitative estimate of drug-likeness (QED) is 0.661. The van der Waals surface area contributed by atoms with Crippen molar-refractivity contribution in [1.82, 2.24) is 14.9 Å². The molecule has 0 spiro atoms. The molecule has 0 unspecified atom stereocenters. The topological polar surface area (TPSA) is 56.1 Å². The van der Waals surface area contributed by atoms with E-state index in [1.807, 2.05) is 0 Å². The number of rotatable bonds is 6. The predicted molar refractivity (Wildman–Crippen MR) is 105 cm³/mol. The lowest BCUT2D eigenvalue weighted by Crippen LogP contribution is -2.36. The van der Waals surface area contributed by atoms with Crippen molar-refractivity contribution >= 4 is 21.6 Å². The first-order chi connectivity index (χ1) is 13.2. The van der Waals surface area contributed by atoms with Crippen molar-refractivity contribution in [3.8, 4) is 0 Å². The minimum absolute atomic E-state index is 0.00684. The van der Waals surface area contributed by atoms with Crippen LogP contribution in [0.15, 0.2) is 35.4 Å². The molecule has 1 aliphatic rings. The van der Waals surface area contributed by atoms with Crippen LogP contribution in [0.2, 0.25) is 0 Å². The van der Waals surface area contributed by atoms with Gasteiger partial charge in [0.05, 0.1) is 24.9 Å². The molecule has 0 saturated heterocycles. The first kappa shape index (κ1) is 18.3. The van der Waals surface area contributed by atoms with E-state index in [4.69, 9.17) is 4.74 Å². The maximum Gasteiger partial charge on any atom is 0.262 e. The maximum atomic E-state index is 13.1. The largest absolute Gasteiger partial charge is 0.383 e. The van der Waals surface area contributed by atoms with Crippen molar-refractivity contribution < 1.29 is 9.13 Å². The van der Waals surface area contributed by atoms with Crippen LogP contribution in [0.1, 0.15) is 22.4 Å². The van der Waals surface area contributed by atoms with Gasteiger partial charge in [0, 0.05) is 24.6 Å². The van der Waals surface area contributed by atoms with Crippen molar-refractivity contribution in [2.45, 2.75) is 31.8 Å². The average Bonchev–Trinajstić information content (AvgIpc) is 3.04. The van der Waals surface area contributed by atoms with Crippen molar-refractivity contribution in [3.63, 3.8) is 0 Å². The van der Waals surface area contributed by atoms with Gasteiger partial charge in [-0.3, -0.25) is 9.36 Å². The lowest BCUT2D eigenvalue weighted by atomic mass is 9.93. The molecule has 1 N–H and O–H groups in total. The van der Waals surface area contributed by atoms with Gasteiger partial charge in [0.15, 0.2) is 0 Å². The molecule has 2 heterocycles. The Morgan fingerprint density at radius 3 is 2.96 bits per heavy atom. The zero-order valence-electron chi connectivity index (χ0n) is 15.2. The van der Waals surface area contributed by atoms with E-state index >= 15 is 0 Å². The molecule has 4 rings (SSSR count). The Labute approximate surface area is 160 Å². The van der Waals surface area contributed by atoms with E-state index < -0.39 is 0 Å². The minimum Gasteiger partial charge on any atom is -0.383 e. The summed E-state index contributed by atoms with van der Waals surface area (Å²) in [5, 5.41) is 4.28. The van der Waals surface area contributed by atoms with Crippen molar-refractivity contribution in [2.75, 3.05) is 20.3 Å². The van der Waals surface area contributed by atoms with Gasteiger partial charge in [-0.1, -0.05) is 12.1 Å². The molecule has 142 valence electrons. The summed E-state index contributed by atoms with van der Waals surface area (Å²) in [6.45, 7) is 1.93. The molecule has 0 bridgehead atoms. The lowest BCUT2D eigenvalue weighted by Gasteiger charge is -2.23. The Morgan fingerprint density at radius 1 is 1.37 bits per heavy atom. The van der Waals surface area contributed by atoms with E-state index in [-0.39, 0.29) is 11.4 Å². The third-order valence-corrected chi connectivity index (χ3v) is 6.20. The van der Waals surface area contributed by atoms with Gasteiger partial charge >= 0.3 is 0 Å². The van der Waals surface area contributed by atoms with Crippen LogP contribution in [-0.2, 0) is 24.1 Å². The lowest BCUT2D eigenvalue weighted by molar-refractivity contribution is 0.194. The standard InChI is InChI=1S/C20H22FN3O2S/c1-26-9-8-22-15-6-7-16-17(10-15)27-19-18(16)20(25)24(12-23-19)11-13-2-4-14(21)5-3-13/h2-5,12,15,22H,6-11H2,1H3/t15-/m0/s1. The third-order valence-electron chi connectivity index (χ3n) is 5.04. The normalized spacial score (nSPS) is 16.6. The van der Waals surface area contributed by atoms with Gasteiger partial charge in [0.2, 0.25) is 0 Å². The summed E-state index contributed by atoms with van der Waals surface area (Å²) in [6.07, 6.45) is 4.42. The first-order valence-corrected chi connectivity index (χ1v) is 9.94. The number of aryl methyl sites for hydroxylation is 1. The molecule has 1 aromatic carbocycles. The van der Waals surface area contributed by atoms with Gasteiger partial charge in [0.1, 0.15) is 10.6 Å². The Kier molecular flexibility index (Phi) is 5.33. The maximum absolute atomic E-state index is 13.1. The van der Waals surface area contributed by atoms with Gasteiger partial charge in [-0.15, -0.1) is 11.3 Å². The number of nitrogens with one attached hydrogen (secondary N) is 1. The highest BCUT2D eigenvalue weighted by molar-refractivity contribution is 7.18. The number of hydrogen-bond donors (Lipinski definition) is 1. The fraction of sp³-hybridized carbons (Fsp3) is 0.400. The molecule has 0 fully saturated rings. The second kappa shape index (κ2) is 7.88. The smallest absolute Gasteiger partial charge is 0.262 e. The SMILES string of the molecule is COCCN[C@H]1CCc2c(sc3ncn(Cc4ccc(F)cc4)c(=O)c23)C1. The van der Waals surface area contributed by atoms with Gasteiger partial charge in [-0.25, -0.2) is 9.37 Å². The number of fused-ring (bicyclic) bond motifs is 3. The summed E-state index contributed by atoms with van der Waals surface area (Å²) >= 11 is 1.63. The Bertz CT molecular complexity index is 997. The third kappa shape index (κ3) is 3.81. The molecule has 5 nitrogen and oxygen atoms in total. The van der Waals surface area contributed by atoms with E-state index in [1.165, 1.54) is 17.0 Å². The Morgan fingerprint density at radius 2 is 2.19 bits per heavy atom. The van der Waals surface area contributed by atoms with Gasteiger partial charge in [0.25, 0.3) is 5.56 Å². The molecule has 0 aliphatic heterocycles. The van der Waals surface area contributed by atoms with Crippen LogP contribution in [0, 0.1) is 5.82 Å². The van der Waals surface area contributed by atoms with Crippen LogP contribution < -0.4 is 10.9 Å². The van der Waals surface area contributed by atoms with E-state index in [9.17, 15) is 9.18 Å². The van der Waals surface area contributed by atoms with Gasteiger partial charge in [-0.05, 0) is 42.5 Å². The fourth-order valence-electron chi connectivity index (χ4n) is 3.64. The van der Waals surface area contributed by atoms with Crippen LogP contribution in [0.25, 0.3) is 10.2 Å². The van der Waals surface area contributed by atoms with Crippen molar-refractivity contribution in [1.29, 1.82) is 0 Å². The first-order valence-electron chi connectivity index (χ1n) is 9.12. The van der Waals surface area contributed by atoms with Crippen LogP contribution in [-0.4, -0.2) is 35.9 Å². The molecular formula is C20H22FN3O2S. The van der Waals surface area contributed by atoms with Crippen molar-refractivity contribution in [3.05, 3.63) is 62.8 Å². The van der Waals surface area contributed by atoms with Crippen molar-refractivity contribution in [2.24, 2.45) is 0 Å². The number of nitrogens with zero attached hydrogens (tertiary/aromatic N) is 2. The summed E-state index contributed by atoms with van der Waals surface area (Å²) in [6, 6.07) is 6.64. The van der Waals surface area contributed by atoms with E-state index in [0.717, 1.165) is 47.2 Å². The van der Waals surface area contributed by atoms with Gasteiger partial charge < -0.3 is 10.1 Å². The number of benzene rings is 1.